The molecule has 1 heterocycles. The van der Waals surface area contributed by atoms with Crippen LogP contribution in [0.15, 0.2) is 30.3 Å². The van der Waals surface area contributed by atoms with Gasteiger partial charge in [-0.1, -0.05) is 19.1 Å². The Balaban J connectivity index is 1.87. The molecule has 2 aromatic carbocycles. The minimum absolute atomic E-state index is 0.187. The van der Waals surface area contributed by atoms with Crippen molar-refractivity contribution in [2.24, 2.45) is 5.92 Å². The summed E-state index contributed by atoms with van der Waals surface area (Å²) >= 11 is 0. The fourth-order valence-electron chi connectivity index (χ4n) is 3.26. The van der Waals surface area contributed by atoms with Crippen LogP contribution in [0.1, 0.15) is 18.9 Å². The standard InChI is InChI=1S/C19H19FN2O3/c1-3-13-15(22-19(23)18(13)20)10-25-16-6-4-5-11-7-12(9-21)17(24-2)8-14(11)16/h4-8,13,15,18H,3,10H2,1-2H3,(H,22,23). The topological polar surface area (TPSA) is 71.3 Å². The molecule has 1 aliphatic heterocycles. The van der Waals surface area contributed by atoms with Gasteiger partial charge in [0.05, 0.1) is 18.7 Å². The molecule has 0 saturated carbocycles. The zero-order valence-electron chi connectivity index (χ0n) is 14.1. The summed E-state index contributed by atoms with van der Waals surface area (Å²) in [5, 5.41) is 13.5. The highest BCUT2D eigenvalue weighted by molar-refractivity contribution is 5.91. The van der Waals surface area contributed by atoms with Gasteiger partial charge in [0.2, 0.25) is 0 Å². The van der Waals surface area contributed by atoms with E-state index in [0.29, 0.717) is 23.5 Å². The lowest BCUT2D eigenvalue weighted by Gasteiger charge is -2.19. The third-order valence-electron chi connectivity index (χ3n) is 4.64. The van der Waals surface area contributed by atoms with Crippen molar-refractivity contribution in [2.75, 3.05) is 13.7 Å². The Hall–Kier alpha value is -2.81. The number of ether oxygens (including phenoxy) is 2. The van der Waals surface area contributed by atoms with Crippen LogP contribution >= 0.6 is 0 Å². The molecule has 3 rings (SSSR count). The van der Waals surface area contributed by atoms with Crippen LogP contribution < -0.4 is 14.8 Å². The Bertz CT molecular complexity index is 846. The summed E-state index contributed by atoms with van der Waals surface area (Å²) in [7, 11) is 1.51. The molecule has 25 heavy (non-hydrogen) atoms. The Morgan fingerprint density at radius 2 is 2.12 bits per heavy atom. The number of hydrogen-bond acceptors (Lipinski definition) is 4. The van der Waals surface area contributed by atoms with Crippen molar-refractivity contribution in [3.05, 3.63) is 35.9 Å². The molecule has 1 N–H and O–H groups in total. The van der Waals surface area contributed by atoms with Crippen LogP contribution in [0.25, 0.3) is 10.8 Å². The van der Waals surface area contributed by atoms with Crippen LogP contribution in [0.4, 0.5) is 4.39 Å². The van der Waals surface area contributed by atoms with E-state index < -0.39 is 12.1 Å². The van der Waals surface area contributed by atoms with Crippen molar-refractivity contribution in [2.45, 2.75) is 25.6 Å². The number of nitrogens with one attached hydrogen (secondary N) is 1. The second-order valence-electron chi connectivity index (χ2n) is 6.04. The molecular formula is C19H19FN2O3. The molecule has 2 aromatic rings. The molecule has 3 unspecified atom stereocenters. The van der Waals surface area contributed by atoms with Gasteiger partial charge in [-0.2, -0.15) is 5.26 Å². The first kappa shape index (κ1) is 17.0. The minimum atomic E-state index is -1.48. The predicted molar refractivity (Wildman–Crippen MR) is 91.3 cm³/mol. The van der Waals surface area contributed by atoms with Gasteiger partial charge in [-0.25, -0.2) is 4.39 Å². The monoisotopic (exact) mass is 342 g/mol. The molecule has 0 bridgehead atoms. The summed E-state index contributed by atoms with van der Waals surface area (Å²) in [4.78, 5) is 11.5. The minimum Gasteiger partial charge on any atom is -0.495 e. The van der Waals surface area contributed by atoms with E-state index in [2.05, 4.69) is 11.4 Å². The summed E-state index contributed by atoms with van der Waals surface area (Å²) < 4.78 is 25.0. The maximum Gasteiger partial charge on any atom is 0.255 e. The highest BCUT2D eigenvalue weighted by atomic mass is 19.1. The van der Waals surface area contributed by atoms with Gasteiger partial charge in [0.15, 0.2) is 6.17 Å². The number of benzene rings is 2. The molecule has 1 amide bonds. The van der Waals surface area contributed by atoms with Gasteiger partial charge in [-0.3, -0.25) is 4.79 Å². The smallest absolute Gasteiger partial charge is 0.255 e. The van der Waals surface area contributed by atoms with Crippen molar-refractivity contribution in [1.29, 1.82) is 5.26 Å². The molecule has 1 saturated heterocycles. The quantitative estimate of drug-likeness (QED) is 0.907. The van der Waals surface area contributed by atoms with Crippen LogP contribution in [0.3, 0.4) is 0 Å². The van der Waals surface area contributed by atoms with Crippen LogP contribution in [0.5, 0.6) is 11.5 Å². The number of alkyl halides is 1. The lowest BCUT2D eigenvalue weighted by Crippen LogP contribution is -2.34. The van der Waals surface area contributed by atoms with Gasteiger partial charge in [0.1, 0.15) is 24.2 Å². The van der Waals surface area contributed by atoms with E-state index in [0.717, 1.165) is 10.8 Å². The lowest BCUT2D eigenvalue weighted by atomic mass is 9.97. The van der Waals surface area contributed by atoms with Crippen LogP contribution in [-0.4, -0.2) is 31.8 Å². The first-order chi connectivity index (χ1) is 12.1. The molecule has 0 aromatic heterocycles. The van der Waals surface area contributed by atoms with Gasteiger partial charge in [0.25, 0.3) is 5.91 Å². The van der Waals surface area contributed by atoms with Crippen molar-refractivity contribution in [3.63, 3.8) is 0 Å². The Morgan fingerprint density at radius 3 is 2.80 bits per heavy atom. The normalized spacial score (nSPS) is 22.5. The number of hydrogen-bond donors (Lipinski definition) is 1. The average Bonchev–Trinajstić information content (AvgIpc) is 2.91. The van der Waals surface area contributed by atoms with Gasteiger partial charge < -0.3 is 14.8 Å². The molecule has 5 nitrogen and oxygen atoms in total. The SMILES string of the molecule is CCC1C(COc2cccc3cc(C#N)c(OC)cc23)NC(=O)C1F. The van der Waals surface area contributed by atoms with Crippen molar-refractivity contribution >= 4 is 16.7 Å². The third kappa shape index (κ3) is 3.10. The number of nitriles is 1. The number of carbonyl (C=O) groups is 1. The molecular weight excluding hydrogens is 323 g/mol. The van der Waals surface area contributed by atoms with E-state index in [1.165, 1.54) is 7.11 Å². The number of amides is 1. The molecule has 0 spiro atoms. The molecule has 0 radical (unpaired) electrons. The maximum atomic E-state index is 13.9. The Morgan fingerprint density at radius 1 is 1.32 bits per heavy atom. The molecule has 1 aliphatic rings. The van der Waals surface area contributed by atoms with Crippen molar-refractivity contribution < 1.29 is 18.7 Å². The summed E-state index contributed by atoms with van der Waals surface area (Å²) in [5.41, 5.74) is 0.446. The van der Waals surface area contributed by atoms with E-state index in [9.17, 15) is 14.4 Å². The number of rotatable bonds is 5. The largest absolute Gasteiger partial charge is 0.495 e. The zero-order chi connectivity index (χ0) is 18.0. The van der Waals surface area contributed by atoms with Gasteiger partial charge >= 0.3 is 0 Å². The number of carbonyl (C=O) groups excluding carboxylic acids is 1. The summed E-state index contributed by atoms with van der Waals surface area (Å²) in [5.74, 6) is 0.114. The molecule has 130 valence electrons. The Labute approximate surface area is 145 Å². The van der Waals surface area contributed by atoms with Gasteiger partial charge in [0, 0.05) is 11.3 Å². The summed E-state index contributed by atoms with van der Waals surface area (Å²) in [6.45, 7) is 2.04. The molecule has 1 fully saturated rings. The van der Waals surface area contributed by atoms with Gasteiger partial charge in [-0.05, 0) is 30.0 Å². The molecule has 3 atom stereocenters. The number of nitrogens with zero attached hydrogens (tertiary/aromatic N) is 1. The fourth-order valence-corrected chi connectivity index (χ4v) is 3.26. The number of halogens is 1. The Kier molecular flexibility index (Phi) is 4.75. The molecule has 6 heteroatoms. The third-order valence-corrected chi connectivity index (χ3v) is 4.64. The van der Waals surface area contributed by atoms with Crippen LogP contribution in [-0.2, 0) is 4.79 Å². The fraction of sp³-hybridized carbons (Fsp3) is 0.368. The second-order valence-corrected chi connectivity index (χ2v) is 6.04. The van der Waals surface area contributed by atoms with E-state index in [1.807, 2.05) is 19.1 Å². The number of methoxy groups -OCH3 is 1. The predicted octanol–water partition coefficient (Wildman–Crippen LogP) is 2.96. The lowest BCUT2D eigenvalue weighted by molar-refractivity contribution is -0.123. The first-order valence-corrected chi connectivity index (χ1v) is 8.17. The second kappa shape index (κ2) is 6.98. The maximum absolute atomic E-state index is 13.9. The van der Waals surface area contributed by atoms with E-state index >= 15 is 0 Å². The highest BCUT2D eigenvalue weighted by Gasteiger charge is 2.41. The summed E-state index contributed by atoms with van der Waals surface area (Å²) in [6.07, 6.45) is -0.924. The van der Waals surface area contributed by atoms with E-state index in [-0.39, 0.29) is 18.6 Å². The number of fused-ring (bicyclic) bond motifs is 1. The summed E-state index contributed by atoms with van der Waals surface area (Å²) in [6, 6.07) is 10.8. The van der Waals surface area contributed by atoms with E-state index in [1.54, 1.807) is 18.2 Å². The first-order valence-electron chi connectivity index (χ1n) is 8.17. The zero-order valence-corrected chi connectivity index (χ0v) is 14.1. The van der Waals surface area contributed by atoms with Crippen LogP contribution in [0.2, 0.25) is 0 Å². The van der Waals surface area contributed by atoms with E-state index in [4.69, 9.17) is 9.47 Å². The highest BCUT2D eigenvalue weighted by Crippen LogP contribution is 2.32. The van der Waals surface area contributed by atoms with Crippen LogP contribution in [0, 0.1) is 17.2 Å². The average molecular weight is 342 g/mol. The van der Waals surface area contributed by atoms with Gasteiger partial charge in [-0.15, -0.1) is 0 Å². The molecule has 0 aliphatic carbocycles. The van der Waals surface area contributed by atoms with Crippen molar-refractivity contribution in [1.82, 2.24) is 5.32 Å². The van der Waals surface area contributed by atoms with Crippen molar-refractivity contribution in [3.8, 4) is 17.6 Å².